The summed E-state index contributed by atoms with van der Waals surface area (Å²) in [6.07, 6.45) is 4.19. The maximum Gasteiger partial charge on any atom is 0.318 e. The van der Waals surface area contributed by atoms with Gasteiger partial charge in [-0.15, -0.1) is 0 Å². The van der Waals surface area contributed by atoms with Crippen LogP contribution in [0.1, 0.15) is 50.4 Å². The first-order valence-corrected chi connectivity index (χ1v) is 14.8. The number of carbonyl (C=O) groups is 1. The Morgan fingerprint density at radius 1 is 1.07 bits per heavy atom. The fraction of sp³-hybridized carbons (Fsp3) is 0.548. The Morgan fingerprint density at radius 2 is 1.71 bits per heavy atom. The lowest BCUT2D eigenvalue weighted by atomic mass is 10.2. The third kappa shape index (κ3) is 9.86. The predicted molar refractivity (Wildman–Crippen MR) is 168 cm³/mol. The SMILES string of the molecule is C=CC(=O)N1CCN(c2nc(OC)nc3c2CN(Cc2cc(OC)ccc2Cl)C3)CC1.CC.CC#N.CN1CCCC1. The molecule has 0 bridgehead atoms. The van der Waals surface area contributed by atoms with Crippen molar-refractivity contribution in [1.29, 1.82) is 5.26 Å². The molecule has 0 spiro atoms. The van der Waals surface area contributed by atoms with Crippen LogP contribution in [0.3, 0.4) is 0 Å². The number of aromatic nitrogens is 2. The van der Waals surface area contributed by atoms with Crippen molar-refractivity contribution in [3.05, 3.63) is 52.7 Å². The van der Waals surface area contributed by atoms with E-state index in [9.17, 15) is 4.79 Å². The number of ether oxygens (including phenoxy) is 2. The van der Waals surface area contributed by atoms with E-state index in [1.165, 1.54) is 38.9 Å². The molecule has 0 aliphatic carbocycles. The molecule has 11 heteroatoms. The molecular weight excluding hydrogens is 554 g/mol. The Morgan fingerprint density at radius 3 is 2.24 bits per heavy atom. The number of carbonyl (C=O) groups excluding carboxylic acids is 1. The second kappa shape index (κ2) is 18.2. The summed E-state index contributed by atoms with van der Waals surface area (Å²) in [5, 5.41) is 8.03. The van der Waals surface area contributed by atoms with Gasteiger partial charge in [-0.1, -0.05) is 32.0 Å². The van der Waals surface area contributed by atoms with Crippen LogP contribution in [0.4, 0.5) is 5.82 Å². The quantitative estimate of drug-likeness (QED) is 0.435. The number of anilines is 1. The summed E-state index contributed by atoms with van der Waals surface area (Å²) in [5.41, 5.74) is 3.07. The molecule has 2 saturated heterocycles. The molecular formula is C31H46ClN7O3. The summed E-state index contributed by atoms with van der Waals surface area (Å²) in [5.74, 6) is 1.63. The molecule has 1 amide bonds. The van der Waals surface area contributed by atoms with Crippen molar-refractivity contribution in [3.63, 3.8) is 0 Å². The Bertz CT molecular complexity index is 1190. The van der Waals surface area contributed by atoms with E-state index in [0.717, 1.165) is 28.4 Å². The molecule has 4 heterocycles. The molecule has 42 heavy (non-hydrogen) atoms. The monoisotopic (exact) mass is 599 g/mol. The van der Waals surface area contributed by atoms with E-state index in [1.807, 2.05) is 32.0 Å². The predicted octanol–water partition coefficient (Wildman–Crippen LogP) is 4.77. The summed E-state index contributed by atoms with van der Waals surface area (Å²) in [4.78, 5) is 29.8. The van der Waals surface area contributed by atoms with Gasteiger partial charge in [0.1, 0.15) is 11.6 Å². The topological polar surface area (TPSA) is 98.1 Å². The summed E-state index contributed by atoms with van der Waals surface area (Å²) in [6, 6.07) is 7.79. The highest BCUT2D eigenvalue weighted by atomic mass is 35.5. The van der Waals surface area contributed by atoms with E-state index in [-0.39, 0.29) is 5.91 Å². The highest BCUT2D eigenvalue weighted by Gasteiger charge is 2.30. The number of fused-ring (bicyclic) bond motifs is 1. The molecule has 0 radical (unpaired) electrons. The Balaban J connectivity index is 0.000000478. The smallest absolute Gasteiger partial charge is 0.318 e. The number of nitrogens with zero attached hydrogens (tertiary/aromatic N) is 7. The van der Waals surface area contributed by atoms with Crippen LogP contribution in [0.2, 0.25) is 5.02 Å². The van der Waals surface area contributed by atoms with Gasteiger partial charge in [0, 0.05) is 63.3 Å². The highest BCUT2D eigenvalue weighted by molar-refractivity contribution is 6.31. The maximum atomic E-state index is 11.9. The van der Waals surface area contributed by atoms with Crippen molar-refractivity contribution in [2.24, 2.45) is 0 Å². The number of halogens is 1. The number of amides is 1. The molecule has 1 aromatic heterocycles. The van der Waals surface area contributed by atoms with E-state index in [0.29, 0.717) is 56.8 Å². The molecule has 0 atom stereocenters. The number of benzene rings is 1. The standard InChI is InChI=1S/C22H26ClN5O3.C5H11N.C2H3N.C2H6/c1-4-20(29)27-7-9-28(10-8-27)21-17-13-26(14-19(17)24-22(25-21)31-3)12-15-11-16(30-2)5-6-18(15)23;1-6-4-2-3-5-6;1-2-3;1-2/h4-6,11H,1,7-10,12-14H2,2-3H3;2-5H2,1H3;1H3;1-2H3. The van der Waals surface area contributed by atoms with E-state index in [4.69, 9.17) is 26.3 Å². The largest absolute Gasteiger partial charge is 0.497 e. The minimum atomic E-state index is -0.0357. The first kappa shape index (κ1) is 34.8. The van der Waals surface area contributed by atoms with Crippen LogP contribution < -0.4 is 14.4 Å². The zero-order valence-electron chi connectivity index (χ0n) is 26.0. The minimum absolute atomic E-state index is 0.0357. The van der Waals surface area contributed by atoms with Crippen LogP contribution in [0, 0.1) is 11.3 Å². The van der Waals surface area contributed by atoms with E-state index in [2.05, 4.69) is 38.3 Å². The average Bonchev–Trinajstić information content (AvgIpc) is 3.67. The van der Waals surface area contributed by atoms with E-state index in [1.54, 1.807) is 25.2 Å². The van der Waals surface area contributed by atoms with Crippen molar-refractivity contribution < 1.29 is 14.3 Å². The Kier molecular flexibility index (Phi) is 15.1. The molecule has 2 fully saturated rings. The second-order valence-electron chi connectivity index (χ2n) is 9.81. The molecule has 3 aliphatic heterocycles. The zero-order chi connectivity index (χ0) is 31.1. The third-order valence-electron chi connectivity index (χ3n) is 7.03. The van der Waals surface area contributed by atoms with Crippen molar-refractivity contribution in [1.82, 2.24) is 24.7 Å². The molecule has 230 valence electrons. The summed E-state index contributed by atoms with van der Waals surface area (Å²) >= 11 is 6.42. The molecule has 10 nitrogen and oxygen atoms in total. The molecule has 5 rings (SSSR count). The lowest BCUT2D eigenvalue weighted by Gasteiger charge is -2.35. The lowest BCUT2D eigenvalue weighted by Crippen LogP contribution is -2.48. The van der Waals surface area contributed by atoms with Crippen LogP contribution in [0.5, 0.6) is 11.8 Å². The van der Waals surface area contributed by atoms with E-state index < -0.39 is 0 Å². The third-order valence-corrected chi connectivity index (χ3v) is 7.40. The molecule has 3 aliphatic rings. The van der Waals surface area contributed by atoms with E-state index >= 15 is 0 Å². The van der Waals surface area contributed by atoms with Crippen LogP contribution in [0.25, 0.3) is 0 Å². The van der Waals surface area contributed by atoms with Gasteiger partial charge >= 0.3 is 6.01 Å². The Hall–Kier alpha value is -3.39. The Labute approximate surface area is 256 Å². The van der Waals surface area contributed by atoms with Crippen molar-refractivity contribution in [2.45, 2.75) is 53.2 Å². The lowest BCUT2D eigenvalue weighted by molar-refractivity contribution is -0.126. The fourth-order valence-electron chi connectivity index (χ4n) is 4.93. The summed E-state index contributed by atoms with van der Waals surface area (Å²) < 4.78 is 10.7. The first-order chi connectivity index (χ1) is 20.3. The molecule has 0 unspecified atom stereocenters. The average molecular weight is 600 g/mol. The van der Waals surface area contributed by atoms with Gasteiger partial charge in [0.15, 0.2) is 0 Å². The fourth-order valence-corrected chi connectivity index (χ4v) is 5.10. The normalized spacial score (nSPS) is 16.0. The molecule has 2 aromatic rings. The van der Waals surface area contributed by atoms with Gasteiger partial charge in [0.2, 0.25) is 5.91 Å². The van der Waals surface area contributed by atoms with Crippen LogP contribution in [0.15, 0.2) is 30.9 Å². The van der Waals surface area contributed by atoms with Crippen molar-refractivity contribution >= 4 is 23.3 Å². The van der Waals surface area contributed by atoms with Gasteiger partial charge in [-0.05, 0) is 62.8 Å². The number of likely N-dealkylation sites (tertiary alicyclic amines) is 1. The van der Waals surface area contributed by atoms with Crippen molar-refractivity contribution in [2.75, 3.05) is 65.4 Å². The van der Waals surface area contributed by atoms with Gasteiger partial charge < -0.3 is 24.2 Å². The number of methoxy groups -OCH3 is 2. The zero-order valence-corrected chi connectivity index (χ0v) is 26.8. The van der Waals surface area contributed by atoms with Gasteiger partial charge in [-0.3, -0.25) is 9.69 Å². The number of hydrogen-bond acceptors (Lipinski definition) is 9. The highest BCUT2D eigenvalue weighted by Crippen LogP contribution is 2.33. The summed E-state index contributed by atoms with van der Waals surface area (Å²) in [7, 11) is 5.40. The van der Waals surface area contributed by atoms with Gasteiger partial charge in [-0.25, -0.2) is 0 Å². The molecule has 0 N–H and O–H groups in total. The number of piperazine rings is 1. The number of nitriles is 1. The number of hydrogen-bond donors (Lipinski definition) is 0. The second-order valence-corrected chi connectivity index (χ2v) is 10.2. The number of rotatable bonds is 6. The first-order valence-electron chi connectivity index (χ1n) is 14.5. The maximum absolute atomic E-state index is 11.9. The van der Waals surface area contributed by atoms with Crippen molar-refractivity contribution in [3.8, 4) is 17.8 Å². The molecule has 1 aromatic carbocycles. The minimum Gasteiger partial charge on any atom is -0.497 e. The van der Waals surface area contributed by atoms with Crippen LogP contribution in [-0.2, 0) is 24.4 Å². The van der Waals surface area contributed by atoms with Crippen LogP contribution in [-0.4, -0.2) is 91.1 Å². The van der Waals surface area contributed by atoms with Gasteiger partial charge in [0.05, 0.1) is 26.0 Å². The summed E-state index contributed by atoms with van der Waals surface area (Å²) in [6.45, 7) is 16.4. The van der Waals surface area contributed by atoms with Crippen LogP contribution >= 0.6 is 11.6 Å². The van der Waals surface area contributed by atoms with Gasteiger partial charge in [0.25, 0.3) is 0 Å². The van der Waals surface area contributed by atoms with Gasteiger partial charge in [-0.2, -0.15) is 15.2 Å². The molecule has 0 saturated carbocycles.